The molecule has 0 aliphatic carbocycles. The fraction of sp³-hybridized carbons (Fsp3) is 0.900. The van der Waals surface area contributed by atoms with Gasteiger partial charge >= 0.3 is 6.18 Å². The first-order chi connectivity index (χ1) is 7.85. The van der Waals surface area contributed by atoms with E-state index in [2.05, 4.69) is 0 Å². The van der Waals surface area contributed by atoms with Crippen molar-refractivity contribution in [2.24, 2.45) is 0 Å². The molecule has 1 saturated heterocycles. The van der Waals surface area contributed by atoms with Crippen LogP contribution < -0.4 is 0 Å². The Morgan fingerprint density at radius 1 is 1.53 bits per heavy atom. The Morgan fingerprint density at radius 3 is 2.71 bits per heavy atom. The summed E-state index contributed by atoms with van der Waals surface area (Å²) in [7, 11) is 1.63. The Kier molecular flexibility index (Phi) is 4.76. The van der Waals surface area contributed by atoms with Crippen LogP contribution in [0.4, 0.5) is 13.2 Å². The van der Waals surface area contributed by atoms with Crippen LogP contribution in [-0.2, 0) is 4.79 Å². The van der Waals surface area contributed by atoms with Gasteiger partial charge in [-0.2, -0.15) is 13.2 Å². The molecular weight excluding hydrogens is 237 g/mol. The van der Waals surface area contributed by atoms with E-state index in [0.29, 0.717) is 12.8 Å². The van der Waals surface area contributed by atoms with Crippen molar-refractivity contribution >= 4 is 5.91 Å². The topological polar surface area (TPSA) is 43.8 Å². The van der Waals surface area contributed by atoms with Gasteiger partial charge in [0.05, 0.1) is 12.6 Å². The molecule has 1 fully saturated rings. The van der Waals surface area contributed by atoms with E-state index in [0.717, 1.165) is 4.90 Å². The molecule has 4 nitrogen and oxygen atoms in total. The van der Waals surface area contributed by atoms with Crippen LogP contribution in [0, 0.1) is 0 Å². The first-order valence-electron chi connectivity index (χ1n) is 5.52. The van der Waals surface area contributed by atoms with Crippen molar-refractivity contribution in [1.82, 2.24) is 9.80 Å². The Labute approximate surface area is 98.0 Å². The maximum atomic E-state index is 12.2. The monoisotopic (exact) mass is 254 g/mol. The molecule has 0 saturated carbocycles. The van der Waals surface area contributed by atoms with Crippen LogP contribution in [0.1, 0.15) is 12.8 Å². The average Bonchev–Trinajstić information content (AvgIpc) is 2.19. The van der Waals surface area contributed by atoms with E-state index in [1.165, 1.54) is 0 Å². The molecule has 17 heavy (non-hydrogen) atoms. The van der Waals surface area contributed by atoms with E-state index < -0.39 is 24.7 Å². The molecule has 100 valence electrons. The van der Waals surface area contributed by atoms with Gasteiger partial charge in [-0.1, -0.05) is 0 Å². The number of nitrogens with zero attached hydrogens (tertiary/aromatic N) is 2. The standard InChI is InChI=1S/C10H17F3N2O2/c1-14(5-6-16)8-3-2-4-15(9(8)17)7-10(11,12)13/h8,16H,2-7H2,1H3. The smallest absolute Gasteiger partial charge is 0.395 e. The van der Waals surface area contributed by atoms with Crippen LogP contribution in [0.5, 0.6) is 0 Å². The molecule has 1 aliphatic rings. The number of likely N-dealkylation sites (tertiary alicyclic amines) is 1. The summed E-state index contributed by atoms with van der Waals surface area (Å²) in [4.78, 5) is 14.3. The number of alkyl halides is 3. The van der Waals surface area contributed by atoms with Crippen LogP contribution in [0.2, 0.25) is 0 Å². The second kappa shape index (κ2) is 5.68. The first kappa shape index (κ1) is 14.2. The molecule has 1 unspecified atom stereocenters. The van der Waals surface area contributed by atoms with Crippen molar-refractivity contribution in [2.45, 2.75) is 25.1 Å². The quantitative estimate of drug-likeness (QED) is 0.793. The highest BCUT2D eigenvalue weighted by atomic mass is 19.4. The van der Waals surface area contributed by atoms with Crippen molar-refractivity contribution in [3.05, 3.63) is 0 Å². The lowest BCUT2D eigenvalue weighted by Crippen LogP contribution is -2.53. The third-order valence-electron chi connectivity index (χ3n) is 2.86. The number of hydrogen-bond donors (Lipinski definition) is 1. The van der Waals surface area contributed by atoms with Crippen molar-refractivity contribution in [2.75, 3.05) is 33.3 Å². The molecule has 1 atom stereocenters. The number of carbonyl (C=O) groups is 1. The average molecular weight is 254 g/mol. The third-order valence-corrected chi connectivity index (χ3v) is 2.86. The predicted molar refractivity (Wildman–Crippen MR) is 55.4 cm³/mol. The number of aliphatic hydroxyl groups is 1. The van der Waals surface area contributed by atoms with Gasteiger partial charge in [0, 0.05) is 13.1 Å². The number of hydrogen-bond acceptors (Lipinski definition) is 3. The SMILES string of the molecule is CN(CCO)C1CCCN(CC(F)(F)F)C1=O. The maximum Gasteiger partial charge on any atom is 0.406 e. The van der Waals surface area contributed by atoms with E-state index in [4.69, 9.17) is 5.11 Å². The molecule has 1 N–H and O–H groups in total. The van der Waals surface area contributed by atoms with Crippen LogP contribution in [0.3, 0.4) is 0 Å². The lowest BCUT2D eigenvalue weighted by atomic mass is 10.0. The minimum Gasteiger partial charge on any atom is -0.395 e. The summed E-state index contributed by atoms with van der Waals surface area (Å²) in [6, 6.07) is -0.543. The molecule has 0 aromatic heterocycles. The molecule has 0 spiro atoms. The highest BCUT2D eigenvalue weighted by molar-refractivity contribution is 5.82. The molecule has 0 aromatic carbocycles. The minimum absolute atomic E-state index is 0.112. The number of piperidine rings is 1. The lowest BCUT2D eigenvalue weighted by Gasteiger charge is -2.36. The highest BCUT2D eigenvalue weighted by Gasteiger charge is 2.38. The third kappa shape index (κ3) is 4.16. The van der Waals surface area contributed by atoms with Crippen LogP contribution >= 0.6 is 0 Å². The van der Waals surface area contributed by atoms with Crippen molar-refractivity contribution in [3.63, 3.8) is 0 Å². The first-order valence-corrected chi connectivity index (χ1v) is 5.52. The summed E-state index contributed by atoms with van der Waals surface area (Å²) in [5.41, 5.74) is 0. The van der Waals surface area contributed by atoms with E-state index >= 15 is 0 Å². The zero-order valence-electron chi connectivity index (χ0n) is 9.70. The van der Waals surface area contributed by atoms with Crippen molar-refractivity contribution in [1.29, 1.82) is 0 Å². The van der Waals surface area contributed by atoms with Crippen molar-refractivity contribution in [3.8, 4) is 0 Å². The summed E-state index contributed by atoms with van der Waals surface area (Å²) < 4.78 is 36.7. The van der Waals surface area contributed by atoms with E-state index in [1.807, 2.05) is 0 Å². The Hall–Kier alpha value is -0.820. The van der Waals surface area contributed by atoms with Gasteiger partial charge in [0.1, 0.15) is 6.54 Å². The summed E-state index contributed by atoms with van der Waals surface area (Å²) in [6.45, 7) is -0.854. The molecule has 1 rings (SSSR count). The molecule has 1 amide bonds. The highest BCUT2D eigenvalue weighted by Crippen LogP contribution is 2.22. The minimum atomic E-state index is -4.35. The van der Waals surface area contributed by atoms with Gasteiger partial charge in [-0.15, -0.1) is 0 Å². The Bertz CT molecular complexity index is 271. The largest absolute Gasteiger partial charge is 0.406 e. The van der Waals surface area contributed by atoms with E-state index in [-0.39, 0.29) is 19.7 Å². The number of likely N-dealkylation sites (N-methyl/N-ethyl adjacent to an activating group) is 1. The number of halogens is 3. The van der Waals surface area contributed by atoms with Crippen LogP contribution in [0.25, 0.3) is 0 Å². The molecule has 1 heterocycles. The van der Waals surface area contributed by atoms with E-state index in [9.17, 15) is 18.0 Å². The summed E-state index contributed by atoms with van der Waals surface area (Å²) in [5, 5.41) is 8.76. The molecule has 1 aliphatic heterocycles. The second-order valence-electron chi connectivity index (χ2n) is 4.24. The lowest BCUT2D eigenvalue weighted by molar-refractivity contribution is -0.167. The zero-order valence-corrected chi connectivity index (χ0v) is 9.70. The molecule has 0 radical (unpaired) electrons. The zero-order chi connectivity index (χ0) is 13.1. The number of amides is 1. The van der Waals surface area contributed by atoms with Gasteiger partial charge in [0.2, 0.25) is 5.91 Å². The van der Waals surface area contributed by atoms with Gasteiger partial charge < -0.3 is 10.0 Å². The van der Waals surface area contributed by atoms with Gasteiger partial charge in [0.25, 0.3) is 0 Å². The molecule has 7 heteroatoms. The predicted octanol–water partition coefficient (Wildman–Crippen LogP) is 0.464. The number of aliphatic hydroxyl groups excluding tert-OH is 1. The van der Waals surface area contributed by atoms with Gasteiger partial charge in [0.15, 0.2) is 0 Å². The molecule has 0 aromatic rings. The van der Waals surface area contributed by atoms with Gasteiger partial charge in [-0.3, -0.25) is 9.69 Å². The Morgan fingerprint density at radius 2 is 2.18 bits per heavy atom. The maximum absolute atomic E-state index is 12.2. The van der Waals surface area contributed by atoms with Crippen LogP contribution in [-0.4, -0.2) is 66.3 Å². The molecular formula is C10H17F3N2O2. The summed E-state index contributed by atoms with van der Waals surface area (Å²) in [5.74, 6) is -0.496. The summed E-state index contributed by atoms with van der Waals surface area (Å²) in [6.07, 6.45) is -3.25. The van der Waals surface area contributed by atoms with Crippen LogP contribution in [0.15, 0.2) is 0 Å². The summed E-state index contributed by atoms with van der Waals surface area (Å²) >= 11 is 0. The Balaban J connectivity index is 2.62. The van der Waals surface area contributed by atoms with E-state index in [1.54, 1.807) is 11.9 Å². The van der Waals surface area contributed by atoms with Gasteiger partial charge in [-0.05, 0) is 19.9 Å². The van der Waals surface area contributed by atoms with Crippen molar-refractivity contribution < 1.29 is 23.1 Å². The normalized spacial score (nSPS) is 22.4. The molecule has 0 bridgehead atoms. The number of rotatable bonds is 4. The van der Waals surface area contributed by atoms with Gasteiger partial charge in [-0.25, -0.2) is 0 Å². The fourth-order valence-electron chi connectivity index (χ4n) is 2.02. The number of carbonyl (C=O) groups excluding carboxylic acids is 1. The fourth-order valence-corrected chi connectivity index (χ4v) is 2.02. The second-order valence-corrected chi connectivity index (χ2v) is 4.24.